The maximum Gasteiger partial charge on any atom is 0.303 e. The summed E-state index contributed by atoms with van der Waals surface area (Å²) in [5, 5.41) is -0.223. The Morgan fingerprint density at radius 3 is 2.32 bits per heavy atom. The van der Waals surface area contributed by atoms with E-state index in [1.165, 1.54) is 18.3 Å². The van der Waals surface area contributed by atoms with E-state index in [2.05, 4.69) is 4.98 Å². The minimum atomic E-state index is -4.06. The van der Waals surface area contributed by atoms with Gasteiger partial charge in [-0.15, -0.1) is 0 Å². The highest BCUT2D eigenvalue weighted by Gasteiger charge is 2.48. The summed E-state index contributed by atoms with van der Waals surface area (Å²) in [6.45, 7) is 3.06. The number of hydrogen-bond acceptors (Lipinski definition) is 10. The molecule has 2 rings (SSSR count). The number of esters is 3. The van der Waals surface area contributed by atoms with Gasteiger partial charge in [-0.25, -0.2) is 13.4 Å². The molecule has 1 aromatic rings. The lowest BCUT2D eigenvalue weighted by Crippen LogP contribution is -2.55. The summed E-state index contributed by atoms with van der Waals surface area (Å²) in [5.41, 5.74) is -1.45. The van der Waals surface area contributed by atoms with E-state index in [0.29, 0.717) is 0 Å². The predicted molar refractivity (Wildman–Crippen MR) is 92.4 cm³/mol. The molecule has 11 heteroatoms. The minimum Gasteiger partial charge on any atom is -0.463 e. The third-order valence-electron chi connectivity index (χ3n) is 3.83. The Labute approximate surface area is 162 Å². The molecule has 28 heavy (non-hydrogen) atoms. The van der Waals surface area contributed by atoms with Gasteiger partial charge >= 0.3 is 17.9 Å². The highest BCUT2D eigenvalue weighted by Crippen LogP contribution is 2.31. The normalized spacial score (nSPS) is 24.8. The van der Waals surface area contributed by atoms with Crippen LogP contribution in [0.4, 0.5) is 0 Å². The van der Waals surface area contributed by atoms with Crippen molar-refractivity contribution in [1.29, 1.82) is 0 Å². The topological polar surface area (TPSA) is 135 Å². The SMILES string of the molecule is CC(=O)OC[C@H]1O[C@H](S(=O)(=O)c2ccccn2)C[C@@H](OC(C)=O)[C@@H]1OC(C)=O. The van der Waals surface area contributed by atoms with Gasteiger partial charge < -0.3 is 18.9 Å². The molecule has 2 heterocycles. The summed E-state index contributed by atoms with van der Waals surface area (Å²) in [7, 11) is -4.06. The van der Waals surface area contributed by atoms with Crippen LogP contribution in [-0.2, 0) is 43.2 Å². The first-order chi connectivity index (χ1) is 13.1. The monoisotopic (exact) mass is 415 g/mol. The molecule has 0 spiro atoms. The fraction of sp³-hybridized carbons (Fsp3) is 0.529. The van der Waals surface area contributed by atoms with E-state index < -0.39 is 51.5 Å². The Morgan fingerprint density at radius 2 is 1.79 bits per heavy atom. The summed E-state index contributed by atoms with van der Waals surface area (Å²) < 4.78 is 46.6. The Balaban J connectivity index is 2.37. The molecule has 0 amide bonds. The van der Waals surface area contributed by atoms with Crippen LogP contribution in [0.2, 0.25) is 0 Å². The Bertz CT molecular complexity index is 824. The van der Waals surface area contributed by atoms with Crippen molar-refractivity contribution in [2.75, 3.05) is 6.61 Å². The lowest BCUT2D eigenvalue weighted by molar-refractivity contribution is -0.205. The molecule has 1 saturated heterocycles. The number of rotatable bonds is 6. The van der Waals surface area contributed by atoms with E-state index in [1.54, 1.807) is 6.07 Å². The van der Waals surface area contributed by atoms with Gasteiger partial charge in [-0.3, -0.25) is 14.4 Å². The molecule has 0 saturated carbocycles. The summed E-state index contributed by atoms with van der Waals surface area (Å²) in [6.07, 6.45) is -2.38. The van der Waals surface area contributed by atoms with Crippen molar-refractivity contribution in [2.24, 2.45) is 0 Å². The van der Waals surface area contributed by atoms with Gasteiger partial charge in [0.15, 0.2) is 16.6 Å². The maximum absolute atomic E-state index is 12.9. The van der Waals surface area contributed by atoms with E-state index in [4.69, 9.17) is 18.9 Å². The van der Waals surface area contributed by atoms with Crippen LogP contribution < -0.4 is 0 Å². The number of ether oxygens (including phenoxy) is 4. The molecule has 154 valence electrons. The summed E-state index contributed by atoms with van der Waals surface area (Å²) in [5.74, 6) is -2.02. The second-order valence-corrected chi connectivity index (χ2v) is 8.11. The van der Waals surface area contributed by atoms with E-state index in [0.717, 1.165) is 20.8 Å². The van der Waals surface area contributed by atoms with Crippen molar-refractivity contribution >= 4 is 27.7 Å². The molecule has 0 unspecified atom stereocenters. The van der Waals surface area contributed by atoms with Crippen LogP contribution in [0.3, 0.4) is 0 Å². The van der Waals surface area contributed by atoms with Gasteiger partial charge in [-0.1, -0.05) is 6.07 Å². The number of nitrogens with zero attached hydrogens (tertiary/aromatic N) is 1. The van der Waals surface area contributed by atoms with Crippen LogP contribution in [0.5, 0.6) is 0 Å². The van der Waals surface area contributed by atoms with Crippen molar-refractivity contribution in [3.8, 4) is 0 Å². The molecular formula is C17H21NO9S. The number of carbonyl (C=O) groups excluding carboxylic acids is 3. The molecule has 1 aliphatic heterocycles. The number of pyridine rings is 1. The van der Waals surface area contributed by atoms with Crippen LogP contribution in [0.15, 0.2) is 29.4 Å². The third kappa shape index (κ3) is 5.49. The smallest absolute Gasteiger partial charge is 0.303 e. The largest absolute Gasteiger partial charge is 0.463 e. The second kappa shape index (κ2) is 9.11. The van der Waals surface area contributed by atoms with Gasteiger partial charge in [0.25, 0.3) is 0 Å². The zero-order valence-corrected chi connectivity index (χ0v) is 16.4. The second-order valence-electron chi connectivity index (χ2n) is 6.08. The molecule has 0 aliphatic carbocycles. The van der Waals surface area contributed by atoms with Crippen molar-refractivity contribution in [2.45, 2.75) is 56.0 Å². The van der Waals surface area contributed by atoms with Crippen LogP contribution in [-0.4, -0.2) is 61.7 Å². The van der Waals surface area contributed by atoms with Gasteiger partial charge in [-0.2, -0.15) is 0 Å². The number of sulfone groups is 1. The number of hydrogen-bond donors (Lipinski definition) is 0. The highest BCUT2D eigenvalue weighted by molar-refractivity contribution is 7.91. The Morgan fingerprint density at radius 1 is 1.11 bits per heavy atom. The lowest BCUT2D eigenvalue weighted by Gasteiger charge is -2.39. The fourth-order valence-corrected chi connectivity index (χ4v) is 4.22. The van der Waals surface area contributed by atoms with Gasteiger partial charge in [0.2, 0.25) is 9.84 Å². The molecule has 10 nitrogen and oxygen atoms in total. The molecular weight excluding hydrogens is 394 g/mol. The molecule has 1 aliphatic rings. The summed E-state index contributed by atoms with van der Waals surface area (Å²) in [6, 6.07) is 4.37. The molecule has 0 N–H and O–H groups in total. The van der Waals surface area contributed by atoms with Crippen LogP contribution in [0.1, 0.15) is 27.2 Å². The summed E-state index contributed by atoms with van der Waals surface area (Å²) in [4.78, 5) is 38.0. The number of aromatic nitrogens is 1. The first kappa shape index (κ1) is 21.8. The molecule has 0 bridgehead atoms. The average Bonchev–Trinajstić information content (AvgIpc) is 2.61. The summed E-state index contributed by atoms with van der Waals surface area (Å²) >= 11 is 0. The minimum absolute atomic E-state index is 0.223. The van der Waals surface area contributed by atoms with Crippen molar-refractivity contribution < 1.29 is 41.7 Å². The third-order valence-corrected chi connectivity index (χ3v) is 5.65. The zero-order chi connectivity index (χ0) is 20.9. The maximum atomic E-state index is 12.9. The first-order valence-corrected chi connectivity index (χ1v) is 9.94. The molecule has 4 atom stereocenters. The van der Waals surface area contributed by atoms with Gasteiger partial charge in [0.05, 0.1) is 0 Å². The van der Waals surface area contributed by atoms with E-state index in [1.807, 2.05) is 0 Å². The van der Waals surface area contributed by atoms with E-state index >= 15 is 0 Å². The highest BCUT2D eigenvalue weighted by atomic mass is 32.2. The lowest BCUT2D eigenvalue weighted by atomic mass is 10.0. The fourth-order valence-electron chi connectivity index (χ4n) is 2.75. The molecule has 1 aromatic heterocycles. The van der Waals surface area contributed by atoms with Gasteiger partial charge in [0, 0.05) is 33.4 Å². The van der Waals surface area contributed by atoms with Gasteiger partial charge in [0.1, 0.15) is 18.8 Å². The van der Waals surface area contributed by atoms with E-state index in [-0.39, 0.29) is 18.1 Å². The molecule has 1 fully saturated rings. The predicted octanol–water partition coefficient (Wildman–Crippen LogP) is 0.397. The molecule has 0 radical (unpaired) electrons. The average molecular weight is 415 g/mol. The number of carbonyl (C=O) groups is 3. The van der Waals surface area contributed by atoms with Crippen LogP contribution in [0, 0.1) is 0 Å². The van der Waals surface area contributed by atoms with Crippen LogP contribution >= 0.6 is 0 Å². The van der Waals surface area contributed by atoms with Gasteiger partial charge in [-0.05, 0) is 12.1 Å². The first-order valence-electron chi connectivity index (χ1n) is 8.39. The standard InChI is InChI=1S/C17H21NO9S/c1-10(19)24-9-14-17(26-12(3)21)13(25-11(2)20)8-16(27-14)28(22,23)15-6-4-5-7-18-15/h4-7,13-14,16-17H,8-9H2,1-3H3/t13-,14-,16-,17+/m1/s1. The Kier molecular flexibility index (Phi) is 7.08. The quantitative estimate of drug-likeness (QED) is 0.474. The zero-order valence-electron chi connectivity index (χ0n) is 15.6. The Hall–Kier alpha value is -2.53. The van der Waals surface area contributed by atoms with Crippen molar-refractivity contribution in [3.63, 3.8) is 0 Å². The van der Waals surface area contributed by atoms with E-state index in [9.17, 15) is 22.8 Å². The van der Waals surface area contributed by atoms with Crippen LogP contribution in [0.25, 0.3) is 0 Å². The van der Waals surface area contributed by atoms with Crippen molar-refractivity contribution in [3.05, 3.63) is 24.4 Å². The molecule has 0 aromatic carbocycles. The van der Waals surface area contributed by atoms with Crippen molar-refractivity contribution in [1.82, 2.24) is 4.98 Å².